The first-order valence-corrected chi connectivity index (χ1v) is 13.2. The van der Waals surface area contributed by atoms with E-state index in [0.717, 1.165) is 10.8 Å². The van der Waals surface area contributed by atoms with Crippen molar-refractivity contribution in [2.45, 2.75) is 19.7 Å². The van der Waals surface area contributed by atoms with Gasteiger partial charge in [0, 0.05) is 17.7 Å². The number of amides is 1. The van der Waals surface area contributed by atoms with Gasteiger partial charge in [0.1, 0.15) is 23.0 Å². The van der Waals surface area contributed by atoms with Crippen molar-refractivity contribution < 1.29 is 42.1 Å². The van der Waals surface area contributed by atoms with Gasteiger partial charge in [-0.3, -0.25) is 9.59 Å². The van der Waals surface area contributed by atoms with Gasteiger partial charge in [-0.25, -0.2) is 4.68 Å². The van der Waals surface area contributed by atoms with E-state index >= 15 is 0 Å². The summed E-state index contributed by atoms with van der Waals surface area (Å²) >= 11 is 0. The fourth-order valence-corrected chi connectivity index (χ4v) is 4.20. The average molecular weight is 608 g/mol. The predicted molar refractivity (Wildman–Crippen MR) is 158 cm³/mol. The number of nitrogens with zero attached hydrogens (tertiary/aromatic N) is 2. The average Bonchev–Trinajstić information content (AvgIpc) is 3.39. The number of halogens is 3. The van der Waals surface area contributed by atoms with Gasteiger partial charge in [-0.05, 0) is 72.3 Å². The number of alkyl halides is 3. The first-order valence-electron chi connectivity index (χ1n) is 13.2. The third-order valence-corrected chi connectivity index (χ3v) is 6.26. The molecule has 0 saturated carbocycles. The molecule has 1 amide bonds. The van der Waals surface area contributed by atoms with E-state index in [1.807, 2.05) is 36.4 Å². The molecule has 0 aliphatic rings. The Bertz CT molecular complexity index is 1740. The molecule has 1 aromatic heterocycles. The summed E-state index contributed by atoms with van der Waals surface area (Å²) < 4.78 is 54.9. The van der Waals surface area contributed by atoms with Crippen molar-refractivity contribution in [3.63, 3.8) is 0 Å². The maximum absolute atomic E-state index is 12.7. The number of hydrogen-bond donors (Lipinski definition) is 2. The summed E-state index contributed by atoms with van der Waals surface area (Å²) in [7, 11) is 1.58. The van der Waals surface area contributed by atoms with E-state index in [-0.39, 0.29) is 35.8 Å². The first kappa shape index (κ1) is 31.4. The molecule has 0 bridgehead atoms. The van der Waals surface area contributed by atoms with Crippen LogP contribution in [0.1, 0.15) is 13.3 Å². The van der Waals surface area contributed by atoms with Gasteiger partial charge in [-0.15, -0.1) is 13.2 Å². The van der Waals surface area contributed by atoms with Crippen molar-refractivity contribution in [3.8, 4) is 34.2 Å². The van der Waals surface area contributed by atoms with E-state index in [4.69, 9.17) is 14.6 Å². The number of carboxylic acid groups (broad SMARTS) is 1. The number of aliphatic carboxylic acids is 1. The first-order chi connectivity index (χ1) is 21.0. The van der Waals surface area contributed by atoms with Crippen LogP contribution in [-0.4, -0.2) is 46.8 Å². The highest BCUT2D eigenvalue weighted by Gasteiger charge is 2.31. The Morgan fingerprint density at radius 1 is 1.02 bits per heavy atom. The molecule has 0 unspecified atom stereocenters. The SMILES string of the molecule is C=C(/C=C\C(=C/C)C(=O)NCCC(=O)O)Oc1cnn(-c2ccc(OC(F)(F)F)cc2)c1-c1ccc2cc(OC)ccc2c1. The molecule has 44 heavy (non-hydrogen) atoms. The molecule has 228 valence electrons. The number of fused-ring (bicyclic) bond motifs is 1. The summed E-state index contributed by atoms with van der Waals surface area (Å²) in [4.78, 5) is 23.1. The Kier molecular flexibility index (Phi) is 9.74. The fourth-order valence-electron chi connectivity index (χ4n) is 4.20. The van der Waals surface area contributed by atoms with Crippen molar-refractivity contribution in [1.29, 1.82) is 0 Å². The van der Waals surface area contributed by atoms with Crippen molar-refractivity contribution >= 4 is 22.6 Å². The second-order valence-corrected chi connectivity index (χ2v) is 9.28. The zero-order valence-corrected chi connectivity index (χ0v) is 23.7. The maximum atomic E-state index is 12.7. The van der Waals surface area contributed by atoms with Gasteiger partial charge >= 0.3 is 12.3 Å². The van der Waals surface area contributed by atoms with Gasteiger partial charge in [0.15, 0.2) is 5.75 Å². The lowest BCUT2D eigenvalue weighted by atomic mass is 10.0. The van der Waals surface area contributed by atoms with Crippen LogP contribution in [0.15, 0.2) is 103 Å². The molecule has 4 aromatic rings. The number of allylic oxidation sites excluding steroid dienone is 2. The maximum Gasteiger partial charge on any atom is 0.573 e. The van der Waals surface area contributed by atoms with Crippen molar-refractivity contribution in [2.24, 2.45) is 0 Å². The van der Waals surface area contributed by atoms with Crippen molar-refractivity contribution in [2.75, 3.05) is 13.7 Å². The number of carbonyl (C=O) groups excluding carboxylic acids is 1. The highest BCUT2D eigenvalue weighted by atomic mass is 19.4. The summed E-state index contributed by atoms with van der Waals surface area (Å²) in [5, 5.41) is 17.5. The number of aromatic nitrogens is 2. The van der Waals surface area contributed by atoms with Crippen LogP contribution < -0.4 is 19.5 Å². The summed E-state index contributed by atoms with van der Waals surface area (Å²) in [6.45, 7) is 5.54. The molecule has 1 heterocycles. The molecule has 0 saturated heterocycles. The molecule has 4 rings (SSSR count). The molecule has 9 nitrogen and oxygen atoms in total. The monoisotopic (exact) mass is 607 g/mol. The second-order valence-electron chi connectivity index (χ2n) is 9.28. The molecule has 3 aromatic carbocycles. The Labute approximate surface area is 250 Å². The van der Waals surface area contributed by atoms with Crippen molar-refractivity contribution in [3.05, 3.63) is 103 Å². The molecule has 0 aliphatic heterocycles. The highest BCUT2D eigenvalue weighted by Crippen LogP contribution is 2.36. The Morgan fingerprint density at radius 3 is 2.36 bits per heavy atom. The van der Waals surface area contributed by atoms with Crippen molar-refractivity contribution in [1.82, 2.24) is 15.1 Å². The third-order valence-electron chi connectivity index (χ3n) is 6.26. The number of methoxy groups -OCH3 is 1. The van der Waals surface area contributed by atoms with Crippen LogP contribution in [-0.2, 0) is 9.59 Å². The van der Waals surface area contributed by atoms with Crippen LogP contribution in [0.3, 0.4) is 0 Å². The molecule has 2 N–H and O–H groups in total. The van der Waals surface area contributed by atoms with Gasteiger partial charge in [0.2, 0.25) is 0 Å². The number of carboxylic acids is 1. The smallest absolute Gasteiger partial charge is 0.497 e. The number of hydrogen-bond acceptors (Lipinski definition) is 6. The second kappa shape index (κ2) is 13.6. The molecule has 0 atom stereocenters. The highest BCUT2D eigenvalue weighted by molar-refractivity contribution is 5.96. The molecule has 0 aliphatic carbocycles. The van der Waals surface area contributed by atoms with E-state index in [9.17, 15) is 22.8 Å². The molecule has 0 fully saturated rings. The lowest BCUT2D eigenvalue weighted by Gasteiger charge is -2.13. The third kappa shape index (κ3) is 8.06. The number of ether oxygens (including phenoxy) is 3. The van der Waals surface area contributed by atoms with Gasteiger partial charge < -0.3 is 24.6 Å². The summed E-state index contributed by atoms with van der Waals surface area (Å²) in [5.74, 6) is -0.732. The lowest BCUT2D eigenvalue weighted by Crippen LogP contribution is -2.26. The molecular formula is C32H28F3N3O6. The topological polar surface area (TPSA) is 112 Å². The van der Waals surface area contributed by atoms with E-state index < -0.39 is 18.2 Å². The molecule has 12 heteroatoms. The van der Waals surface area contributed by atoms with Gasteiger partial charge in [0.25, 0.3) is 5.91 Å². The number of rotatable bonds is 12. The quantitative estimate of drug-likeness (QED) is 0.106. The van der Waals surface area contributed by atoms with E-state index in [2.05, 4.69) is 21.7 Å². The van der Waals surface area contributed by atoms with Gasteiger partial charge in [-0.1, -0.05) is 30.9 Å². The van der Waals surface area contributed by atoms with Gasteiger partial charge in [-0.2, -0.15) is 5.10 Å². The Balaban J connectivity index is 1.66. The van der Waals surface area contributed by atoms with E-state index in [1.54, 1.807) is 20.1 Å². The Hall–Kier alpha value is -5.52. The fraction of sp³-hybridized carbons (Fsp3) is 0.156. The normalized spacial score (nSPS) is 11.9. The van der Waals surface area contributed by atoms with Crippen LogP contribution in [0.25, 0.3) is 27.7 Å². The number of carbonyl (C=O) groups is 2. The predicted octanol–water partition coefficient (Wildman–Crippen LogP) is 6.59. The molecular weight excluding hydrogens is 579 g/mol. The molecule has 0 radical (unpaired) electrons. The summed E-state index contributed by atoms with van der Waals surface area (Å²) in [6, 6.07) is 16.5. The number of nitrogens with one attached hydrogen (secondary N) is 1. The van der Waals surface area contributed by atoms with Gasteiger partial charge in [0.05, 0.1) is 25.4 Å². The van der Waals surface area contributed by atoms with Crippen LogP contribution >= 0.6 is 0 Å². The van der Waals surface area contributed by atoms with Crippen LogP contribution in [0.5, 0.6) is 17.2 Å². The Morgan fingerprint density at radius 2 is 1.70 bits per heavy atom. The minimum absolute atomic E-state index is 0.0266. The zero-order chi connectivity index (χ0) is 31.9. The minimum Gasteiger partial charge on any atom is -0.497 e. The largest absolute Gasteiger partial charge is 0.573 e. The summed E-state index contributed by atoms with van der Waals surface area (Å²) in [5.41, 5.74) is 1.88. The summed E-state index contributed by atoms with van der Waals surface area (Å²) in [6.07, 6.45) is 0.915. The minimum atomic E-state index is -4.83. The van der Waals surface area contributed by atoms with E-state index in [1.165, 1.54) is 47.3 Å². The van der Waals surface area contributed by atoms with E-state index in [0.29, 0.717) is 22.7 Å². The number of benzene rings is 3. The molecule has 0 spiro atoms. The van der Waals surface area contributed by atoms with Crippen LogP contribution in [0.2, 0.25) is 0 Å². The van der Waals surface area contributed by atoms with Crippen LogP contribution in [0.4, 0.5) is 13.2 Å². The van der Waals surface area contributed by atoms with Crippen LogP contribution in [0, 0.1) is 0 Å². The standard InChI is InChI=1S/C32H28F3N3O6/c1-4-21(31(41)36-16-15-29(39)40)6-5-20(2)43-28-19-37-38(25-10-13-26(14-11-25)44-32(33,34)35)30(28)24-8-7-23-18-27(42-3)12-9-22(23)17-24/h4-14,17-19H,2,15-16H2,1,3H3,(H,36,41)(H,39,40)/b6-5-,21-4+. The lowest BCUT2D eigenvalue weighted by molar-refractivity contribution is -0.274. The zero-order valence-electron chi connectivity index (χ0n) is 23.7.